The summed E-state index contributed by atoms with van der Waals surface area (Å²) in [5, 5.41) is 0. The van der Waals surface area contributed by atoms with Crippen molar-refractivity contribution < 1.29 is 0 Å². The van der Waals surface area contributed by atoms with E-state index in [0.29, 0.717) is 12.1 Å². The van der Waals surface area contributed by atoms with Crippen LogP contribution in [0.15, 0.2) is 66.0 Å². The minimum absolute atomic E-state index is 0.388. The van der Waals surface area contributed by atoms with Gasteiger partial charge in [-0.15, -0.1) is 0 Å². The van der Waals surface area contributed by atoms with E-state index in [1.165, 1.54) is 60.4 Å². The van der Waals surface area contributed by atoms with Gasteiger partial charge in [-0.2, -0.15) is 0 Å². The molecule has 1 saturated carbocycles. The number of aryl methyl sites for hydroxylation is 1. The Bertz CT molecular complexity index is 787. The summed E-state index contributed by atoms with van der Waals surface area (Å²) in [5.74, 6) is 0.705. The third-order valence-corrected chi connectivity index (χ3v) is 6.26. The lowest BCUT2D eigenvalue weighted by atomic mass is 9.85. The number of allylic oxidation sites excluding steroid dienone is 2. The van der Waals surface area contributed by atoms with Gasteiger partial charge in [0.1, 0.15) is 6.17 Å². The van der Waals surface area contributed by atoms with Crippen LogP contribution in [0.2, 0.25) is 0 Å². The Hall–Kier alpha value is -2.22. The lowest BCUT2D eigenvalue weighted by Gasteiger charge is -2.41. The molecule has 136 valence electrons. The second-order valence-electron chi connectivity index (χ2n) is 7.84. The van der Waals surface area contributed by atoms with E-state index in [0.717, 1.165) is 0 Å². The summed E-state index contributed by atoms with van der Waals surface area (Å²) in [4.78, 5) is 5.21. The molecular weight excluding hydrogens is 316 g/mol. The predicted molar refractivity (Wildman–Crippen MR) is 111 cm³/mol. The molecule has 1 aliphatic carbocycles. The largest absolute Gasteiger partial charge is 0.322 e. The summed E-state index contributed by atoms with van der Waals surface area (Å²) in [7, 11) is 0. The van der Waals surface area contributed by atoms with Crippen LogP contribution in [-0.4, -0.2) is 6.17 Å². The molecule has 2 nitrogen and oxygen atoms in total. The Balaban J connectivity index is 1.82. The van der Waals surface area contributed by atoms with Crippen LogP contribution in [0.5, 0.6) is 0 Å². The molecule has 0 spiro atoms. The van der Waals surface area contributed by atoms with Gasteiger partial charge in [0.05, 0.1) is 0 Å². The number of benzene rings is 2. The summed E-state index contributed by atoms with van der Waals surface area (Å²) in [6.07, 6.45) is 7.17. The zero-order chi connectivity index (χ0) is 18.1. The van der Waals surface area contributed by atoms with E-state index in [1.807, 2.05) is 0 Å². The molecule has 0 saturated heterocycles. The summed E-state index contributed by atoms with van der Waals surface area (Å²) >= 11 is 0. The van der Waals surface area contributed by atoms with Crippen molar-refractivity contribution in [2.75, 3.05) is 9.80 Å². The predicted octanol–water partition coefficient (Wildman–Crippen LogP) is 6.48. The van der Waals surface area contributed by atoms with Gasteiger partial charge >= 0.3 is 0 Å². The number of para-hydroxylation sites is 2. The van der Waals surface area contributed by atoms with Gasteiger partial charge in [-0.3, -0.25) is 0 Å². The number of rotatable bonds is 3. The summed E-state index contributed by atoms with van der Waals surface area (Å²) in [6.45, 7) is 6.82. The van der Waals surface area contributed by atoms with Crippen LogP contribution in [0.4, 0.5) is 11.4 Å². The fourth-order valence-corrected chi connectivity index (χ4v) is 4.81. The molecule has 1 fully saturated rings. The zero-order valence-electron chi connectivity index (χ0n) is 16.3. The van der Waals surface area contributed by atoms with Crippen LogP contribution < -0.4 is 9.80 Å². The normalized spacial score (nSPS) is 21.6. The molecule has 2 aromatic rings. The quantitative estimate of drug-likeness (QED) is 0.627. The summed E-state index contributed by atoms with van der Waals surface area (Å²) in [6, 6.07) is 19.8. The van der Waals surface area contributed by atoms with Gasteiger partial charge in [0.15, 0.2) is 0 Å². The first-order valence-corrected chi connectivity index (χ1v) is 10.0. The molecular formula is C24H30N2. The molecule has 0 bridgehead atoms. The number of nitrogens with zero attached hydrogens (tertiary/aromatic N) is 2. The van der Waals surface area contributed by atoms with Crippen molar-refractivity contribution in [2.24, 2.45) is 5.92 Å². The van der Waals surface area contributed by atoms with E-state index in [4.69, 9.17) is 0 Å². The average Bonchev–Trinajstić information content (AvgIpc) is 2.95. The van der Waals surface area contributed by atoms with E-state index >= 15 is 0 Å². The van der Waals surface area contributed by atoms with Crippen LogP contribution in [0.25, 0.3) is 0 Å². The lowest BCUT2D eigenvalue weighted by molar-refractivity contribution is 0.306. The Morgan fingerprint density at radius 3 is 2.00 bits per heavy atom. The molecule has 26 heavy (non-hydrogen) atoms. The smallest absolute Gasteiger partial charge is 0.113 e. The van der Waals surface area contributed by atoms with Gasteiger partial charge < -0.3 is 9.80 Å². The van der Waals surface area contributed by atoms with Crippen molar-refractivity contribution in [3.05, 3.63) is 71.6 Å². The topological polar surface area (TPSA) is 6.48 Å². The first-order chi connectivity index (χ1) is 12.7. The van der Waals surface area contributed by atoms with Gasteiger partial charge in [0.25, 0.3) is 0 Å². The van der Waals surface area contributed by atoms with E-state index < -0.39 is 0 Å². The highest BCUT2D eigenvalue weighted by atomic mass is 15.4. The van der Waals surface area contributed by atoms with Crippen molar-refractivity contribution in [3.63, 3.8) is 0 Å². The first-order valence-electron chi connectivity index (χ1n) is 10.0. The van der Waals surface area contributed by atoms with Crippen LogP contribution >= 0.6 is 0 Å². The third kappa shape index (κ3) is 2.92. The van der Waals surface area contributed by atoms with Crippen molar-refractivity contribution >= 4 is 11.4 Å². The molecule has 0 N–H and O–H groups in total. The van der Waals surface area contributed by atoms with Gasteiger partial charge in [0, 0.05) is 22.8 Å². The lowest BCUT2D eigenvalue weighted by Crippen LogP contribution is -2.47. The second-order valence-corrected chi connectivity index (χ2v) is 7.84. The minimum Gasteiger partial charge on any atom is -0.322 e. The molecule has 1 heterocycles. The Kier molecular flexibility index (Phi) is 4.76. The van der Waals surface area contributed by atoms with Gasteiger partial charge in [0.2, 0.25) is 0 Å². The maximum atomic E-state index is 2.62. The fourth-order valence-electron chi connectivity index (χ4n) is 4.81. The number of hydrogen-bond acceptors (Lipinski definition) is 2. The highest BCUT2D eigenvalue weighted by Crippen LogP contribution is 2.44. The number of anilines is 2. The Morgan fingerprint density at radius 1 is 0.692 bits per heavy atom. The third-order valence-electron chi connectivity index (χ3n) is 6.26. The van der Waals surface area contributed by atoms with E-state index in [9.17, 15) is 0 Å². The van der Waals surface area contributed by atoms with Crippen molar-refractivity contribution in [3.8, 4) is 0 Å². The van der Waals surface area contributed by atoms with E-state index in [1.54, 1.807) is 0 Å². The SMILES string of the molecule is CC1=C(C)N(c2ccccc2C)C(C2CCCCC2)N1c1ccccc1. The van der Waals surface area contributed by atoms with Gasteiger partial charge in [-0.25, -0.2) is 0 Å². The summed E-state index contributed by atoms with van der Waals surface area (Å²) < 4.78 is 0. The monoisotopic (exact) mass is 346 g/mol. The van der Waals surface area contributed by atoms with Crippen LogP contribution in [0.1, 0.15) is 51.5 Å². The maximum Gasteiger partial charge on any atom is 0.113 e. The molecule has 2 heteroatoms. The second kappa shape index (κ2) is 7.19. The van der Waals surface area contributed by atoms with Gasteiger partial charge in [-0.05, 0) is 63.3 Å². The molecule has 0 radical (unpaired) electrons. The molecule has 0 amide bonds. The molecule has 1 unspecified atom stereocenters. The molecule has 1 atom stereocenters. The highest BCUT2D eigenvalue weighted by Gasteiger charge is 2.41. The minimum atomic E-state index is 0.388. The molecule has 2 aromatic carbocycles. The Labute approximate surface area is 158 Å². The molecule has 1 aliphatic heterocycles. The van der Waals surface area contributed by atoms with Crippen molar-refractivity contribution in [1.29, 1.82) is 0 Å². The fraction of sp³-hybridized carbons (Fsp3) is 0.417. The number of hydrogen-bond donors (Lipinski definition) is 0. The van der Waals surface area contributed by atoms with Crippen molar-refractivity contribution in [1.82, 2.24) is 0 Å². The zero-order valence-corrected chi connectivity index (χ0v) is 16.3. The standard InChI is InChI=1S/C24H30N2/c1-18-12-10-11-17-23(18)26-20(3)19(2)25(22-15-8-5-9-16-22)24(26)21-13-6-4-7-14-21/h5,8-12,15-17,21,24H,4,6-7,13-14H2,1-3H3. The Morgan fingerprint density at radius 2 is 1.31 bits per heavy atom. The van der Waals surface area contributed by atoms with Crippen LogP contribution in [0.3, 0.4) is 0 Å². The van der Waals surface area contributed by atoms with E-state index in [-0.39, 0.29) is 0 Å². The molecule has 4 rings (SSSR count). The van der Waals surface area contributed by atoms with E-state index in [2.05, 4.69) is 85.2 Å². The van der Waals surface area contributed by atoms with Crippen LogP contribution in [0, 0.1) is 12.8 Å². The van der Waals surface area contributed by atoms with Crippen molar-refractivity contribution in [2.45, 2.75) is 59.0 Å². The van der Waals surface area contributed by atoms with Gasteiger partial charge in [-0.1, -0.05) is 55.7 Å². The average molecular weight is 347 g/mol. The molecule has 0 aromatic heterocycles. The highest BCUT2D eigenvalue weighted by molar-refractivity contribution is 5.68. The molecule has 2 aliphatic rings. The first kappa shape index (κ1) is 17.2. The van der Waals surface area contributed by atoms with Crippen LogP contribution in [-0.2, 0) is 0 Å². The summed E-state index contributed by atoms with van der Waals surface area (Å²) in [5.41, 5.74) is 6.80. The maximum absolute atomic E-state index is 2.62.